The summed E-state index contributed by atoms with van der Waals surface area (Å²) < 4.78 is 0. The van der Waals surface area contributed by atoms with Crippen molar-refractivity contribution in [3.63, 3.8) is 0 Å². The number of anilines is 3. The largest absolute Gasteiger partial charge is 0.353 e. The maximum atomic E-state index is 13.3. The zero-order valence-electron chi connectivity index (χ0n) is 20.8. The van der Waals surface area contributed by atoms with Gasteiger partial charge in [0.1, 0.15) is 11.6 Å². The van der Waals surface area contributed by atoms with Gasteiger partial charge in [-0.2, -0.15) is 0 Å². The molecule has 0 unspecified atom stereocenters. The summed E-state index contributed by atoms with van der Waals surface area (Å²) in [5.74, 6) is 2.18. The van der Waals surface area contributed by atoms with Crippen LogP contribution in [0.25, 0.3) is 11.3 Å². The fourth-order valence-corrected chi connectivity index (χ4v) is 4.43. The Bertz CT molecular complexity index is 1360. The van der Waals surface area contributed by atoms with Crippen molar-refractivity contribution < 1.29 is 4.79 Å². The lowest BCUT2D eigenvalue weighted by molar-refractivity contribution is 0.0746. The summed E-state index contributed by atoms with van der Waals surface area (Å²) in [6.45, 7) is 8.46. The van der Waals surface area contributed by atoms with E-state index in [4.69, 9.17) is 0 Å². The first kappa shape index (κ1) is 23.4. The van der Waals surface area contributed by atoms with Crippen LogP contribution in [0, 0.1) is 20.8 Å². The quantitative estimate of drug-likeness (QED) is 0.449. The van der Waals surface area contributed by atoms with E-state index < -0.39 is 0 Å². The molecular formula is C28H29N7O. The van der Waals surface area contributed by atoms with Crippen molar-refractivity contribution in [1.29, 1.82) is 0 Å². The molecule has 8 heteroatoms. The number of aromatic nitrogens is 4. The highest BCUT2D eigenvalue weighted by Crippen LogP contribution is 2.23. The predicted octanol–water partition coefficient (Wildman–Crippen LogP) is 4.56. The molecule has 1 aliphatic rings. The molecule has 36 heavy (non-hydrogen) atoms. The molecule has 4 aromatic rings. The third-order valence-electron chi connectivity index (χ3n) is 6.13. The zero-order valence-corrected chi connectivity index (χ0v) is 20.8. The number of hydrogen-bond acceptors (Lipinski definition) is 7. The van der Waals surface area contributed by atoms with E-state index in [2.05, 4.69) is 42.3 Å². The van der Waals surface area contributed by atoms with Gasteiger partial charge < -0.3 is 15.1 Å². The molecule has 8 nitrogen and oxygen atoms in total. The van der Waals surface area contributed by atoms with Crippen molar-refractivity contribution >= 4 is 23.4 Å². The minimum atomic E-state index is 0.0171. The number of rotatable bonds is 5. The Hall–Kier alpha value is -4.33. The van der Waals surface area contributed by atoms with Crippen molar-refractivity contribution in [3.8, 4) is 11.3 Å². The normalized spacial score (nSPS) is 13.5. The Morgan fingerprint density at radius 1 is 0.778 bits per heavy atom. The first-order valence-corrected chi connectivity index (χ1v) is 12.1. The molecule has 1 amide bonds. The van der Waals surface area contributed by atoms with Crippen LogP contribution in [0.4, 0.5) is 17.5 Å². The van der Waals surface area contributed by atoms with E-state index >= 15 is 0 Å². The van der Waals surface area contributed by atoms with Crippen molar-refractivity contribution in [2.75, 3.05) is 36.4 Å². The molecule has 2 aromatic heterocycles. The van der Waals surface area contributed by atoms with Crippen LogP contribution in [-0.4, -0.2) is 56.9 Å². The molecule has 1 aliphatic heterocycles. The van der Waals surface area contributed by atoms with Gasteiger partial charge in [-0.25, -0.2) is 19.9 Å². The Morgan fingerprint density at radius 3 is 2.22 bits per heavy atom. The predicted molar refractivity (Wildman–Crippen MR) is 142 cm³/mol. The van der Waals surface area contributed by atoms with Crippen LogP contribution in [0.5, 0.6) is 0 Å². The summed E-state index contributed by atoms with van der Waals surface area (Å²) in [7, 11) is 0. The van der Waals surface area contributed by atoms with Crippen LogP contribution in [-0.2, 0) is 0 Å². The Labute approximate surface area is 211 Å². The highest BCUT2D eigenvalue weighted by molar-refractivity contribution is 5.95. The molecule has 0 aliphatic carbocycles. The second kappa shape index (κ2) is 10.1. The van der Waals surface area contributed by atoms with Gasteiger partial charge in [-0.05, 0) is 45.0 Å². The second-order valence-corrected chi connectivity index (χ2v) is 8.98. The molecule has 0 atom stereocenters. The van der Waals surface area contributed by atoms with Crippen molar-refractivity contribution in [1.82, 2.24) is 24.8 Å². The number of carbonyl (C=O) groups is 1. The Kier molecular flexibility index (Phi) is 6.58. The first-order valence-electron chi connectivity index (χ1n) is 12.1. The maximum absolute atomic E-state index is 13.3. The third kappa shape index (κ3) is 5.33. The van der Waals surface area contributed by atoms with Gasteiger partial charge in [-0.15, -0.1) is 0 Å². The minimum absolute atomic E-state index is 0.0171. The van der Waals surface area contributed by atoms with Gasteiger partial charge in [0.2, 0.25) is 5.95 Å². The standard InChI is InChI=1S/C28H29N7O/c1-19-16-20(2)30-28(29-19)33-24-11-7-10-23(17-24)27(36)35-14-12-34(13-15-35)26-18-25(31-21(3)32-26)22-8-5-4-6-9-22/h4-11,16-18H,12-15H2,1-3H3,(H,29,30,33). The number of amides is 1. The molecule has 182 valence electrons. The van der Waals surface area contributed by atoms with Crippen molar-refractivity contribution in [3.05, 3.63) is 89.5 Å². The monoisotopic (exact) mass is 479 g/mol. The van der Waals surface area contributed by atoms with Crippen LogP contribution >= 0.6 is 0 Å². The fraction of sp³-hybridized carbons (Fsp3) is 0.250. The van der Waals surface area contributed by atoms with Gasteiger partial charge in [0.05, 0.1) is 5.69 Å². The van der Waals surface area contributed by atoms with Crippen LogP contribution in [0.1, 0.15) is 27.6 Å². The highest BCUT2D eigenvalue weighted by Gasteiger charge is 2.24. The van der Waals surface area contributed by atoms with Gasteiger partial charge in [0.15, 0.2) is 0 Å². The molecular weight excluding hydrogens is 450 g/mol. The van der Waals surface area contributed by atoms with E-state index in [1.807, 2.05) is 80.3 Å². The number of benzene rings is 2. The molecule has 0 saturated carbocycles. The van der Waals surface area contributed by atoms with E-state index in [0.29, 0.717) is 37.7 Å². The molecule has 3 heterocycles. The average Bonchev–Trinajstić information content (AvgIpc) is 2.88. The number of nitrogens with one attached hydrogen (secondary N) is 1. The molecule has 0 bridgehead atoms. The molecule has 1 N–H and O–H groups in total. The third-order valence-corrected chi connectivity index (χ3v) is 6.13. The zero-order chi connectivity index (χ0) is 25.1. The van der Waals surface area contributed by atoms with Crippen molar-refractivity contribution in [2.45, 2.75) is 20.8 Å². The summed E-state index contributed by atoms with van der Waals surface area (Å²) in [5, 5.41) is 3.22. The summed E-state index contributed by atoms with van der Waals surface area (Å²) >= 11 is 0. The first-order chi connectivity index (χ1) is 17.4. The number of hydrogen-bond donors (Lipinski definition) is 1. The van der Waals surface area contributed by atoms with E-state index in [0.717, 1.165) is 40.0 Å². The Morgan fingerprint density at radius 2 is 1.50 bits per heavy atom. The van der Waals surface area contributed by atoms with E-state index in [9.17, 15) is 4.79 Å². The van der Waals surface area contributed by atoms with Crippen LogP contribution in [0.15, 0.2) is 66.7 Å². The summed E-state index contributed by atoms with van der Waals surface area (Å²) in [4.78, 5) is 35.5. The number of piperazine rings is 1. The van der Waals surface area contributed by atoms with Gasteiger partial charge in [-0.1, -0.05) is 36.4 Å². The van der Waals surface area contributed by atoms with Gasteiger partial charge in [0.25, 0.3) is 5.91 Å². The van der Waals surface area contributed by atoms with Crippen LogP contribution in [0.3, 0.4) is 0 Å². The summed E-state index contributed by atoms with van der Waals surface area (Å²) in [6, 6.07) is 21.6. The second-order valence-electron chi connectivity index (χ2n) is 8.98. The fourth-order valence-electron chi connectivity index (χ4n) is 4.43. The number of nitrogens with zero attached hydrogens (tertiary/aromatic N) is 6. The lowest BCUT2D eigenvalue weighted by Crippen LogP contribution is -2.49. The number of aryl methyl sites for hydroxylation is 3. The minimum Gasteiger partial charge on any atom is -0.353 e. The summed E-state index contributed by atoms with van der Waals surface area (Å²) in [6.07, 6.45) is 0. The molecule has 1 saturated heterocycles. The van der Waals surface area contributed by atoms with Gasteiger partial charge >= 0.3 is 0 Å². The van der Waals surface area contributed by atoms with Gasteiger partial charge in [0, 0.05) is 60.4 Å². The topological polar surface area (TPSA) is 87.1 Å². The van der Waals surface area contributed by atoms with E-state index in [-0.39, 0.29) is 5.91 Å². The van der Waals surface area contributed by atoms with Crippen molar-refractivity contribution in [2.24, 2.45) is 0 Å². The van der Waals surface area contributed by atoms with Gasteiger partial charge in [-0.3, -0.25) is 4.79 Å². The highest BCUT2D eigenvalue weighted by atomic mass is 16.2. The van der Waals surface area contributed by atoms with Crippen LogP contribution in [0.2, 0.25) is 0 Å². The lowest BCUT2D eigenvalue weighted by atomic mass is 10.1. The molecule has 0 radical (unpaired) electrons. The molecule has 5 rings (SSSR count). The lowest BCUT2D eigenvalue weighted by Gasteiger charge is -2.35. The molecule has 1 fully saturated rings. The SMILES string of the molecule is Cc1cc(C)nc(Nc2cccc(C(=O)N3CCN(c4cc(-c5ccccc5)nc(C)n4)CC3)c2)n1. The van der Waals surface area contributed by atoms with E-state index in [1.165, 1.54) is 0 Å². The Balaban J connectivity index is 1.26. The van der Waals surface area contributed by atoms with E-state index in [1.54, 1.807) is 0 Å². The molecule has 2 aromatic carbocycles. The summed E-state index contributed by atoms with van der Waals surface area (Å²) in [5.41, 5.74) is 5.19. The molecule has 0 spiro atoms. The smallest absolute Gasteiger partial charge is 0.254 e. The number of carbonyl (C=O) groups excluding carboxylic acids is 1. The maximum Gasteiger partial charge on any atom is 0.254 e. The average molecular weight is 480 g/mol. The van der Waals surface area contributed by atoms with Crippen LogP contribution < -0.4 is 10.2 Å².